The van der Waals surface area contributed by atoms with Gasteiger partial charge in [-0.2, -0.15) is 17.9 Å². The molecule has 0 bridgehead atoms. The van der Waals surface area contributed by atoms with Gasteiger partial charge in [-0.3, -0.25) is 4.79 Å². The highest BCUT2D eigenvalue weighted by molar-refractivity contribution is 7.89. The zero-order chi connectivity index (χ0) is 24.4. The Labute approximate surface area is 191 Å². The minimum atomic E-state index is -4.85. The van der Waals surface area contributed by atoms with Crippen LogP contribution in [0.5, 0.6) is 0 Å². The maximum absolute atomic E-state index is 13.2. The van der Waals surface area contributed by atoms with Crippen LogP contribution in [0, 0.1) is 6.92 Å². The normalized spacial score (nSPS) is 16.5. The molecule has 0 radical (unpaired) electrons. The number of piperazine rings is 1. The van der Waals surface area contributed by atoms with Gasteiger partial charge in [-0.25, -0.2) is 8.42 Å². The zero-order valence-corrected chi connectivity index (χ0v) is 19.4. The Balaban J connectivity index is 1.69. The number of carbonyl (C=O) groups excluding carboxylic acids is 1. The molecule has 0 aliphatic carbocycles. The molecule has 1 fully saturated rings. The number of alkyl halides is 3. The van der Waals surface area contributed by atoms with E-state index in [0.29, 0.717) is 11.8 Å². The molecule has 2 aromatic rings. The Morgan fingerprint density at radius 1 is 1.06 bits per heavy atom. The molecule has 1 aliphatic heterocycles. The summed E-state index contributed by atoms with van der Waals surface area (Å²) >= 11 is 0. The van der Waals surface area contributed by atoms with Crippen molar-refractivity contribution in [2.45, 2.75) is 31.0 Å². The highest BCUT2D eigenvalue weighted by Gasteiger charge is 2.37. The summed E-state index contributed by atoms with van der Waals surface area (Å²) in [5, 5.41) is 2.62. The van der Waals surface area contributed by atoms with Crippen molar-refractivity contribution in [3.8, 4) is 0 Å². The number of likely N-dealkylation sites (N-methyl/N-ethyl adjacent to an activating group) is 1. The molecular formula is C22H27F3N4O3S. The Morgan fingerprint density at radius 2 is 1.70 bits per heavy atom. The summed E-state index contributed by atoms with van der Waals surface area (Å²) in [4.78, 5) is 16.1. The minimum Gasteiger partial charge on any atom is -0.369 e. The number of hydrogen-bond acceptors (Lipinski definition) is 5. The van der Waals surface area contributed by atoms with Crippen LogP contribution in [0.3, 0.4) is 0 Å². The van der Waals surface area contributed by atoms with E-state index in [2.05, 4.69) is 22.2 Å². The number of hydrogen-bond donors (Lipinski definition) is 2. The van der Waals surface area contributed by atoms with Gasteiger partial charge in [-0.05, 0) is 56.8 Å². The van der Waals surface area contributed by atoms with Crippen LogP contribution in [0.1, 0.15) is 18.1 Å². The predicted molar refractivity (Wildman–Crippen MR) is 121 cm³/mol. The van der Waals surface area contributed by atoms with Gasteiger partial charge >= 0.3 is 6.18 Å². The number of sulfonamides is 1. The molecule has 180 valence electrons. The van der Waals surface area contributed by atoms with Crippen LogP contribution >= 0.6 is 0 Å². The van der Waals surface area contributed by atoms with Crippen LogP contribution < -0.4 is 14.9 Å². The van der Waals surface area contributed by atoms with Gasteiger partial charge in [0.25, 0.3) is 0 Å². The maximum Gasteiger partial charge on any atom is 0.417 e. The molecule has 11 heteroatoms. The molecule has 0 aromatic heterocycles. The molecule has 0 spiro atoms. The largest absolute Gasteiger partial charge is 0.417 e. The van der Waals surface area contributed by atoms with Crippen LogP contribution in [-0.4, -0.2) is 58.5 Å². The van der Waals surface area contributed by atoms with Gasteiger partial charge in [0.2, 0.25) is 15.9 Å². The molecule has 33 heavy (non-hydrogen) atoms. The molecule has 1 saturated heterocycles. The monoisotopic (exact) mass is 484 g/mol. The van der Waals surface area contributed by atoms with E-state index in [-0.39, 0.29) is 0 Å². The first kappa shape index (κ1) is 25.0. The standard InChI is InChI=1S/C22H27F3N4O3S/c1-15-14-17(8-9-19(15)29-12-10-28(3)11-13-29)26-21(30)16(2)27-33(31,32)20-7-5-4-6-18(20)22(23,24)25/h4-9,14,16,27H,10-13H2,1-3H3,(H,26,30)/t16-/m0/s1. The molecule has 1 atom stereocenters. The van der Waals surface area contributed by atoms with Crippen molar-refractivity contribution < 1.29 is 26.4 Å². The molecule has 2 aromatic carbocycles. The van der Waals surface area contributed by atoms with Crippen LogP contribution in [0.25, 0.3) is 0 Å². The third-order valence-corrected chi connectivity index (χ3v) is 7.11. The second-order valence-corrected chi connectivity index (χ2v) is 9.80. The van der Waals surface area contributed by atoms with Gasteiger partial charge in [0.05, 0.1) is 16.5 Å². The van der Waals surface area contributed by atoms with E-state index in [1.54, 1.807) is 12.1 Å². The Morgan fingerprint density at radius 3 is 2.30 bits per heavy atom. The van der Waals surface area contributed by atoms with Crippen molar-refractivity contribution in [3.63, 3.8) is 0 Å². The van der Waals surface area contributed by atoms with Crippen molar-refractivity contribution in [1.29, 1.82) is 0 Å². The summed E-state index contributed by atoms with van der Waals surface area (Å²) in [5.41, 5.74) is 1.18. The molecule has 1 heterocycles. The molecule has 1 amide bonds. The van der Waals surface area contributed by atoms with Gasteiger partial charge in [0.1, 0.15) is 0 Å². The Kier molecular flexibility index (Phi) is 7.35. The highest BCUT2D eigenvalue weighted by atomic mass is 32.2. The van der Waals surface area contributed by atoms with E-state index in [1.807, 2.05) is 17.7 Å². The van der Waals surface area contributed by atoms with Crippen molar-refractivity contribution in [2.24, 2.45) is 0 Å². The summed E-state index contributed by atoms with van der Waals surface area (Å²) < 4.78 is 66.8. The molecule has 3 rings (SSSR count). The van der Waals surface area contributed by atoms with E-state index in [4.69, 9.17) is 0 Å². The fourth-order valence-corrected chi connectivity index (χ4v) is 5.10. The number of aryl methyl sites for hydroxylation is 1. The Hall–Kier alpha value is -2.63. The fourth-order valence-electron chi connectivity index (χ4n) is 3.67. The molecule has 7 nitrogen and oxygen atoms in total. The summed E-state index contributed by atoms with van der Waals surface area (Å²) in [6, 6.07) is 7.94. The van der Waals surface area contributed by atoms with Crippen LogP contribution in [0.2, 0.25) is 0 Å². The third kappa shape index (κ3) is 6.04. The molecule has 0 saturated carbocycles. The number of rotatable bonds is 6. The number of benzene rings is 2. The van der Waals surface area contributed by atoms with E-state index in [1.165, 1.54) is 13.0 Å². The fraction of sp³-hybridized carbons (Fsp3) is 0.409. The molecule has 1 aliphatic rings. The first-order chi connectivity index (χ1) is 15.4. The third-order valence-electron chi connectivity index (χ3n) is 5.52. The predicted octanol–water partition coefficient (Wildman–Crippen LogP) is 3.07. The first-order valence-electron chi connectivity index (χ1n) is 10.4. The van der Waals surface area contributed by atoms with Crippen LogP contribution in [0.15, 0.2) is 47.4 Å². The van der Waals surface area contributed by atoms with Crippen LogP contribution in [-0.2, 0) is 21.0 Å². The quantitative estimate of drug-likeness (QED) is 0.659. The lowest BCUT2D eigenvalue weighted by molar-refractivity contribution is -0.139. The van der Waals surface area contributed by atoms with Crippen molar-refractivity contribution in [2.75, 3.05) is 43.4 Å². The second kappa shape index (κ2) is 9.70. The lowest BCUT2D eigenvalue weighted by atomic mass is 10.1. The van der Waals surface area contributed by atoms with E-state index < -0.39 is 38.6 Å². The van der Waals surface area contributed by atoms with E-state index in [9.17, 15) is 26.4 Å². The number of anilines is 2. The topological polar surface area (TPSA) is 81.8 Å². The second-order valence-electron chi connectivity index (χ2n) is 8.12. The number of nitrogens with zero attached hydrogens (tertiary/aromatic N) is 2. The number of nitrogens with one attached hydrogen (secondary N) is 2. The number of halogens is 3. The molecular weight excluding hydrogens is 457 g/mol. The average molecular weight is 485 g/mol. The van der Waals surface area contributed by atoms with Crippen molar-refractivity contribution in [3.05, 3.63) is 53.6 Å². The van der Waals surface area contributed by atoms with Crippen molar-refractivity contribution >= 4 is 27.3 Å². The van der Waals surface area contributed by atoms with Gasteiger partial charge in [-0.1, -0.05) is 12.1 Å². The van der Waals surface area contributed by atoms with Gasteiger partial charge in [0, 0.05) is 37.6 Å². The summed E-state index contributed by atoms with van der Waals surface area (Å²) in [6.07, 6.45) is -4.85. The van der Waals surface area contributed by atoms with Crippen molar-refractivity contribution in [1.82, 2.24) is 9.62 Å². The van der Waals surface area contributed by atoms with Gasteiger partial charge in [-0.15, -0.1) is 0 Å². The number of amides is 1. The first-order valence-corrected chi connectivity index (χ1v) is 11.9. The SMILES string of the molecule is Cc1cc(NC(=O)[C@H](C)NS(=O)(=O)c2ccccc2C(F)(F)F)ccc1N1CCN(C)CC1. The average Bonchev–Trinajstić information content (AvgIpc) is 2.74. The summed E-state index contributed by atoms with van der Waals surface area (Å²) in [6.45, 7) is 6.88. The summed E-state index contributed by atoms with van der Waals surface area (Å²) in [7, 11) is -2.52. The maximum atomic E-state index is 13.2. The lowest BCUT2D eigenvalue weighted by Gasteiger charge is -2.35. The smallest absolute Gasteiger partial charge is 0.369 e. The molecule has 0 unspecified atom stereocenters. The lowest BCUT2D eigenvalue weighted by Crippen LogP contribution is -2.44. The zero-order valence-electron chi connectivity index (χ0n) is 18.6. The van der Waals surface area contributed by atoms with Crippen LogP contribution in [0.4, 0.5) is 24.5 Å². The van der Waals surface area contributed by atoms with Gasteiger partial charge in [0.15, 0.2) is 0 Å². The molecule has 2 N–H and O–H groups in total. The van der Waals surface area contributed by atoms with E-state index >= 15 is 0 Å². The summed E-state index contributed by atoms with van der Waals surface area (Å²) in [5.74, 6) is -0.685. The Bertz CT molecular complexity index is 1110. The highest BCUT2D eigenvalue weighted by Crippen LogP contribution is 2.34. The van der Waals surface area contributed by atoms with Gasteiger partial charge < -0.3 is 15.1 Å². The number of carbonyl (C=O) groups is 1. The minimum absolute atomic E-state index is 0.470. The van der Waals surface area contributed by atoms with E-state index in [0.717, 1.165) is 49.6 Å².